The van der Waals surface area contributed by atoms with E-state index in [1.165, 1.54) is 0 Å². The smallest absolute Gasteiger partial charge is 0.246 e. The van der Waals surface area contributed by atoms with E-state index in [9.17, 15) is 14.7 Å². The van der Waals surface area contributed by atoms with Gasteiger partial charge in [-0.3, -0.25) is 9.59 Å². The number of aliphatic hydroxyl groups excluding tert-OH is 1. The maximum atomic E-state index is 13.1. The lowest BCUT2D eigenvalue weighted by atomic mass is 9.94. The highest BCUT2D eigenvalue weighted by molar-refractivity contribution is 5.97. The third-order valence-corrected chi connectivity index (χ3v) is 6.78. The van der Waals surface area contributed by atoms with Crippen LogP contribution in [-0.4, -0.2) is 55.6 Å². The number of para-hydroxylation sites is 1. The van der Waals surface area contributed by atoms with Gasteiger partial charge in [-0.15, -0.1) is 0 Å². The number of aromatic nitrogens is 1. The van der Waals surface area contributed by atoms with Crippen molar-refractivity contribution in [1.29, 1.82) is 0 Å². The van der Waals surface area contributed by atoms with E-state index in [1.807, 2.05) is 36.7 Å². The Morgan fingerprint density at radius 2 is 1.85 bits per heavy atom. The zero-order valence-electron chi connectivity index (χ0n) is 18.6. The molecule has 2 aliphatic rings. The highest BCUT2D eigenvalue weighted by atomic mass is 16.5. The van der Waals surface area contributed by atoms with Crippen molar-refractivity contribution >= 4 is 22.7 Å². The number of hydrogen-bond donors (Lipinski definition) is 3. The number of rotatable bonds is 6. The van der Waals surface area contributed by atoms with Crippen molar-refractivity contribution in [2.45, 2.75) is 45.1 Å². The first-order valence-corrected chi connectivity index (χ1v) is 11.4. The first-order chi connectivity index (χ1) is 16.0. The summed E-state index contributed by atoms with van der Waals surface area (Å²) in [5.74, 6) is 0.0518. The van der Waals surface area contributed by atoms with E-state index < -0.39 is 12.3 Å². The van der Waals surface area contributed by atoms with Crippen LogP contribution in [0.25, 0.3) is 10.9 Å². The van der Waals surface area contributed by atoms with Crippen LogP contribution in [0.4, 0.5) is 0 Å². The molecule has 0 spiro atoms. The molecular weight excluding hydrogens is 420 g/mol. The molecule has 3 heterocycles. The molecule has 33 heavy (non-hydrogen) atoms. The van der Waals surface area contributed by atoms with Crippen molar-refractivity contribution in [2.24, 2.45) is 0 Å². The van der Waals surface area contributed by atoms with Crippen LogP contribution < -0.4 is 5.48 Å². The molecule has 2 aliphatic heterocycles. The van der Waals surface area contributed by atoms with Crippen molar-refractivity contribution < 1.29 is 19.9 Å². The van der Waals surface area contributed by atoms with E-state index in [0.29, 0.717) is 31.6 Å². The molecule has 2 amide bonds. The number of hydrogen-bond acceptors (Lipinski definition) is 5. The maximum absolute atomic E-state index is 13.1. The summed E-state index contributed by atoms with van der Waals surface area (Å²) in [5.41, 5.74) is 6.73. The Balaban J connectivity index is 1.52. The molecule has 8 heteroatoms. The Hall–Kier alpha value is -3.20. The number of piperazine rings is 1. The molecule has 1 fully saturated rings. The molecule has 2 unspecified atom stereocenters. The Morgan fingerprint density at radius 3 is 2.58 bits per heavy atom. The molecule has 2 atom stereocenters. The van der Waals surface area contributed by atoms with Gasteiger partial charge in [0.1, 0.15) is 6.04 Å². The van der Waals surface area contributed by atoms with E-state index in [1.54, 1.807) is 21.9 Å². The van der Waals surface area contributed by atoms with Gasteiger partial charge in [0.05, 0.1) is 13.1 Å². The van der Waals surface area contributed by atoms with Crippen LogP contribution in [0.3, 0.4) is 0 Å². The monoisotopic (exact) mass is 448 g/mol. The summed E-state index contributed by atoms with van der Waals surface area (Å²) in [7, 11) is 0. The van der Waals surface area contributed by atoms with Crippen LogP contribution in [0.5, 0.6) is 0 Å². The standard InChI is InChI=1S/C25H28N4O4/c1-2-11-27-15-23(30)29-14-22-19(12-21(29)25(27)32)18-5-3-4-6-20(18)28(22)13-16-7-9-17(10-8-16)24(31)26-33/h3-10,21,24,26,31,33H,2,11-15H2,1H3. The van der Waals surface area contributed by atoms with E-state index in [0.717, 1.165) is 34.1 Å². The van der Waals surface area contributed by atoms with Gasteiger partial charge >= 0.3 is 0 Å². The average molecular weight is 449 g/mol. The highest BCUT2D eigenvalue weighted by Crippen LogP contribution is 2.35. The molecule has 3 N–H and O–H groups in total. The topological polar surface area (TPSA) is 98.0 Å². The summed E-state index contributed by atoms with van der Waals surface area (Å²) < 4.78 is 2.23. The number of benzene rings is 2. The fourth-order valence-electron chi connectivity index (χ4n) is 5.14. The van der Waals surface area contributed by atoms with Crippen molar-refractivity contribution in [3.8, 4) is 0 Å². The summed E-state index contributed by atoms with van der Waals surface area (Å²) in [5, 5.41) is 19.8. The SMILES string of the molecule is CCCN1CC(=O)N2Cc3c(c4ccccc4n3Cc3ccc(C(O)NO)cc3)CC2C1=O. The molecular formula is C25H28N4O4. The number of carbonyl (C=O) groups is 2. The van der Waals surface area contributed by atoms with E-state index in [2.05, 4.69) is 16.7 Å². The predicted molar refractivity (Wildman–Crippen MR) is 122 cm³/mol. The lowest BCUT2D eigenvalue weighted by molar-refractivity contribution is -0.157. The summed E-state index contributed by atoms with van der Waals surface area (Å²) in [6.45, 7) is 3.80. The molecule has 0 aliphatic carbocycles. The number of fused-ring (bicyclic) bond motifs is 4. The number of nitrogens with one attached hydrogen (secondary N) is 1. The van der Waals surface area contributed by atoms with Crippen LogP contribution in [0.15, 0.2) is 48.5 Å². The maximum Gasteiger partial charge on any atom is 0.246 e. The van der Waals surface area contributed by atoms with Crippen LogP contribution >= 0.6 is 0 Å². The van der Waals surface area contributed by atoms with Gasteiger partial charge in [-0.2, -0.15) is 5.48 Å². The quantitative estimate of drug-likeness (QED) is 0.397. The summed E-state index contributed by atoms with van der Waals surface area (Å²) in [6.07, 6.45) is 0.229. The van der Waals surface area contributed by atoms with Gasteiger partial charge in [0, 0.05) is 36.1 Å². The second-order valence-electron chi connectivity index (χ2n) is 8.80. The zero-order valence-corrected chi connectivity index (χ0v) is 18.6. The van der Waals surface area contributed by atoms with Crippen molar-refractivity contribution in [3.63, 3.8) is 0 Å². The Bertz CT molecular complexity index is 1200. The highest BCUT2D eigenvalue weighted by Gasteiger charge is 2.43. The minimum Gasteiger partial charge on any atom is -0.372 e. The largest absolute Gasteiger partial charge is 0.372 e. The summed E-state index contributed by atoms with van der Waals surface area (Å²) >= 11 is 0. The average Bonchev–Trinajstić information content (AvgIpc) is 3.14. The Kier molecular flexibility index (Phi) is 5.65. The number of nitrogens with zero attached hydrogens (tertiary/aromatic N) is 3. The third-order valence-electron chi connectivity index (χ3n) is 6.78. The van der Waals surface area contributed by atoms with E-state index in [-0.39, 0.29) is 18.4 Å². The van der Waals surface area contributed by atoms with Gasteiger partial charge in [0.25, 0.3) is 0 Å². The van der Waals surface area contributed by atoms with Gasteiger partial charge < -0.3 is 24.7 Å². The van der Waals surface area contributed by atoms with E-state index >= 15 is 0 Å². The van der Waals surface area contributed by atoms with Gasteiger partial charge in [0.15, 0.2) is 6.23 Å². The molecule has 1 saturated heterocycles. The second kappa shape index (κ2) is 8.62. The molecule has 5 rings (SSSR count). The number of aliphatic hydroxyl groups is 1. The fraction of sp³-hybridized carbons (Fsp3) is 0.360. The van der Waals surface area contributed by atoms with Gasteiger partial charge in [0.2, 0.25) is 11.8 Å². The van der Waals surface area contributed by atoms with Crippen molar-refractivity contribution in [1.82, 2.24) is 19.8 Å². The normalized spacial score (nSPS) is 19.1. The molecule has 2 aromatic carbocycles. The zero-order chi connectivity index (χ0) is 23.1. The fourth-order valence-corrected chi connectivity index (χ4v) is 5.14. The van der Waals surface area contributed by atoms with Crippen LogP contribution in [-0.2, 0) is 29.1 Å². The van der Waals surface area contributed by atoms with Crippen LogP contribution in [0.1, 0.15) is 42.0 Å². The first kappa shape index (κ1) is 21.6. The lowest BCUT2D eigenvalue weighted by Crippen LogP contribution is -2.61. The third kappa shape index (κ3) is 3.70. The van der Waals surface area contributed by atoms with Gasteiger partial charge in [-0.25, -0.2) is 0 Å². The van der Waals surface area contributed by atoms with Crippen LogP contribution in [0, 0.1) is 0 Å². The number of carbonyl (C=O) groups excluding carboxylic acids is 2. The molecule has 0 saturated carbocycles. The molecule has 3 aromatic rings. The second-order valence-corrected chi connectivity index (χ2v) is 8.80. The van der Waals surface area contributed by atoms with Gasteiger partial charge in [-0.05, 0) is 29.2 Å². The first-order valence-electron chi connectivity index (χ1n) is 11.4. The van der Waals surface area contributed by atoms with Crippen molar-refractivity contribution in [2.75, 3.05) is 13.1 Å². The van der Waals surface area contributed by atoms with Crippen molar-refractivity contribution in [3.05, 3.63) is 70.9 Å². The molecule has 172 valence electrons. The minimum absolute atomic E-state index is 0.00495. The molecule has 1 aromatic heterocycles. The summed E-state index contributed by atoms with van der Waals surface area (Å²) in [4.78, 5) is 29.5. The predicted octanol–water partition coefficient (Wildman–Crippen LogP) is 2.16. The van der Waals surface area contributed by atoms with E-state index in [4.69, 9.17) is 5.21 Å². The Labute approximate surface area is 192 Å². The lowest BCUT2D eigenvalue weighted by Gasteiger charge is -2.43. The number of hydroxylamine groups is 1. The molecule has 0 radical (unpaired) electrons. The van der Waals surface area contributed by atoms with Gasteiger partial charge in [-0.1, -0.05) is 49.4 Å². The summed E-state index contributed by atoms with van der Waals surface area (Å²) in [6, 6.07) is 15.1. The Morgan fingerprint density at radius 1 is 1.09 bits per heavy atom. The molecule has 8 nitrogen and oxygen atoms in total. The van der Waals surface area contributed by atoms with Crippen LogP contribution in [0.2, 0.25) is 0 Å². The number of amides is 2. The minimum atomic E-state index is -1.13. The molecule has 0 bridgehead atoms.